The van der Waals surface area contributed by atoms with Crippen LogP contribution in [0.15, 0.2) is 17.0 Å². The molecule has 2 heterocycles. The lowest BCUT2D eigenvalue weighted by atomic mass is 10.4. The third-order valence-electron chi connectivity index (χ3n) is 1.80. The van der Waals surface area contributed by atoms with Crippen LogP contribution < -0.4 is 0 Å². The third kappa shape index (κ3) is 1.58. The molecule has 0 unspecified atom stereocenters. The number of hydrogen-bond acceptors (Lipinski definition) is 4. The van der Waals surface area contributed by atoms with Gasteiger partial charge in [0.05, 0.1) is 5.69 Å². The summed E-state index contributed by atoms with van der Waals surface area (Å²) in [6.45, 7) is 4.52. The van der Waals surface area contributed by atoms with E-state index in [9.17, 15) is 0 Å². The van der Waals surface area contributed by atoms with E-state index >= 15 is 0 Å². The van der Waals surface area contributed by atoms with E-state index in [-0.39, 0.29) is 0 Å². The Labute approximate surface area is 75.4 Å². The molecule has 0 fully saturated rings. The van der Waals surface area contributed by atoms with Crippen molar-refractivity contribution in [2.45, 2.75) is 20.4 Å². The van der Waals surface area contributed by atoms with Crippen LogP contribution in [0, 0.1) is 13.8 Å². The van der Waals surface area contributed by atoms with Gasteiger partial charge in [0.25, 0.3) is 0 Å². The highest BCUT2D eigenvalue weighted by Gasteiger charge is 2.04. The molecule has 0 radical (unpaired) electrons. The van der Waals surface area contributed by atoms with Crippen molar-refractivity contribution in [3.63, 3.8) is 0 Å². The summed E-state index contributed by atoms with van der Waals surface area (Å²) in [5.41, 5.74) is 2.10. The summed E-state index contributed by atoms with van der Waals surface area (Å²) in [5, 5.41) is 8.00. The summed E-state index contributed by atoms with van der Waals surface area (Å²) in [6, 6.07) is 2.01. The van der Waals surface area contributed by atoms with E-state index in [4.69, 9.17) is 0 Å². The standard InChI is InChI=1S/C8H10N4O/c1-6-3-7(2)12(10-6)4-8-9-5-13-11-8/h3,5H,4H2,1-2H3. The Balaban J connectivity index is 2.23. The Morgan fingerprint density at radius 2 is 2.31 bits per heavy atom. The second-order valence-electron chi connectivity index (χ2n) is 2.93. The van der Waals surface area contributed by atoms with Crippen LogP contribution in [0.25, 0.3) is 0 Å². The Bertz CT molecular complexity index is 390. The Morgan fingerprint density at radius 3 is 2.85 bits per heavy atom. The number of aryl methyl sites for hydroxylation is 2. The summed E-state index contributed by atoms with van der Waals surface area (Å²) >= 11 is 0. The maximum atomic E-state index is 4.63. The van der Waals surface area contributed by atoms with Crippen LogP contribution >= 0.6 is 0 Å². The van der Waals surface area contributed by atoms with Gasteiger partial charge >= 0.3 is 0 Å². The molecule has 0 bridgehead atoms. The summed E-state index contributed by atoms with van der Waals surface area (Å²) in [5.74, 6) is 0.645. The van der Waals surface area contributed by atoms with Crippen molar-refractivity contribution < 1.29 is 4.52 Å². The van der Waals surface area contributed by atoms with Gasteiger partial charge in [-0.1, -0.05) is 5.16 Å². The second-order valence-corrected chi connectivity index (χ2v) is 2.93. The molecular weight excluding hydrogens is 168 g/mol. The molecule has 68 valence electrons. The number of nitrogens with zero attached hydrogens (tertiary/aromatic N) is 4. The quantitative estimate of drug-likeness (QED) is 0.686. The van der Waals surface area contributed by atoms with Crippen molar-refractivity contribution in [1.29, 1.82) is 0 Å². The van der Waals surface area contributed by atoms with Crippen molar-refractivity contribution in [3.05, 3.63) is 29.7 Å². The van der Waals surface area contributed by atoms with Crippen molar-refractivity contribution in [2.75, 3.05) is 0 Å². The summed E-state index contributed by atoms with van der Waals surface area (Å²) < 4.78 is 6.48. The van der Waals surface area contributed by atoms with E-state index in [0.29, 0.717) is 12.4 Å². The van der Waals surface area contributed by atoms with E-state index in [0.717, 1.165) is 11.4 Å². The molecule has 0 atom stereocenters. The topological polar surface area (TPSA) is 56.7 Å². The van der Waals surface area contributed by atoms with E-state index in [1.165, 1.54) is 6.39 Å². The maximum Gasteiger partial charge on any atom is 0.213 e. The van der Waals surface area contributed by atoms with Gasteiger partial charge in [-0.2, -0.15) is 10.1 Å². The highest BCUT2D eigenvalue weighted by atomic mass is 16.5. The van der Waals surface area contributed by atoms with E-state index < -0.39 is 0 Å². The minimum absolute atomic E-state index is 0.566. The first-order chi connectivity index (χ1) is 6.25. The number of hydrogen-bond donors (Lipinski definition) is 0. The lowest BCUT2D eigenvalue weighted by molar-refractivity contribution is 0.406. The Hall–Kier alpha value is -1.65. The van der Waals surface area contributed by atoms with Gasteiger partial charge in [-0.05, 0) is 19.9 Å². The maximum absolute atomic E-state index is 4.63. The first kappa shape index (κ1) is 7.97. The predicted octanol–water partition coefficient (Wildman–Crippen LogP) is 0.931. The molecule has 5 heteroatoms. The minimum Gasteiger partial charge on any atom is -0.343 e. The predicted molar refractivity (Wildman–Crippen MR) is 45.1 cm³/mol. The lowest BCUT2D eigenvalue weighted by Gasteiger charge is -1.98. The van der Waals surface area contributed by atoms with Crippen LogP contribution in [0.3, 0.4) is 0 Å². The molecule has 0 amide bonds. The van der Waals surface area contributed by atoms with Crippen molar-refractivity contribution in [1.82, 2.24) is 19.9 Å². The molecule has 0 aliphatic carbocycles. The minimum atomic E-state index is 0.566. The molecule has 0 aliphatic rings. The summed E-state index contributed by atoms with van der Waals surface area (Å²) in [4.78, 5) is 3.92. The Kier molecular flexibility index (Phi) is 1.84. The fourth-order valence-corrected chi connectivity index (χ4v) is 1.23. The van der Waals surface area contributed by atoms with Crippen LogP contribution in [0.4, 0.5) is 0 Å². The average molecular weight is 178 g/mol. The monoisotopic (exact) mass is 178 g/mol. The molecule has 0 aliphatic heterocycles. The van der Waals surface area contributed by atoms with Gasteiger partial charge in [0.15, 0.2) is 5.82 Å². The number of rotatable bonds is 2. The fourth-order valence-electron chi connectivity index (χ4n) is 1.23. The van der Waals surface area contributed by atoms with Crippen molar-refractivity contribution in [2.24, 2.45) is 0 Å². The zero-order valence-corrected chi connectivity index (χ0v) is 7.56. The van der Waals surface area contributed by atoms with Gasteiger partial charge in [-0.3, -0.25) is 4.68 Å². The van der Waals surface area contributed by atoms with Crippen LogP contribution in [0.1, 0.15) is 17.2 Å². The smallest absolute Gasteiger partial charge is 0.213 e. The molecule has 0 saturated heterocycles. The SMILES string of the molecule is Cc1cc(C)n(Cc2ncon2)n1. The average Bonchev–Trinajstić information content (AvgIpc) is 2.63. The molecule has 0 saturated carbocycles. The first-order valence-electron chi connectivity index (χ1n) is 4.02. The van der Waals surface area contributed by atoms with Gasteiger partial charge < -0.3 is 4.52 Å². The van der Waals surface area contributed by atoms with Gasteiger partial charge in [0, 0.05) is 5.69 Å². The van der Waals surface area contributed by atoms with Crippen LogP contribution in [-0.4, -0.2) is 19.9 Å². The van der Waals surface area contributed by atoms with Crippen LogP contribution in [-0.2, 0) is 6.54 Å². The highest BCUT2D eigenvalue weighted by molar-refractivity contribution is 5.07. The van der Waals surface area contributed by atoms with Gasteiger partial charge in [-0.25, -0.2) is 0 Å². The second kappa shape index (κ2) is 3.01. The largest absolute Gasteiger partial charge is 0.343 e. The third-order valence-corrected chi connectivity index (χ3v) is 1.80. The fraction of sp³-hybridized carbons (Fsp3) is 0.375. The summed E-state index contributed by atoms with van der Waals surface area (Å²) in [6.07, 6.45) is 1.32. The Morgan fingerprint density at radius 1 is 1.46 bits per heavy atom. The van der Waals surface area contributed by atoms with Crippen molar-refractivity contribution in [3.8, 4) is 0 Å². The van der Waals surface area contributed by atoms with E-state index in [1.54, 1.807) is 0 Å². The molecule has 0 aromatic carbocycles. The number of aromatic nitrogens is 4. The zero-order valence-electron chi connectivity index (χ0n) is 7.56. The zero-order chi connectivity index (χ0) is 9.26. The molecule has 5 nitrogen and oxygen atoms in total. The van der Waals surface area contributed by atoms with E-state index in [2.05, 4.69) is 19.8 Å². The molecule has 0 N–H and O–H groups in total. The highest BCUT2D eigenvalue weighted by Crippen LogP contribution is 2.03. The summed E-state index contributed by atoms with van der Waals surface area (Å²) in [7, 11) is 0. The van der Waals surface area contributed by atoms with Gasteiger partial charge in [0.2, 0.25) is 6.39 Å². The molecule has 13 heavy (non-hydrogen) atoms. The van der Waals surface area contributed by atoms with Gasteiger partial charge in [-0.15, -0.1) is 0 Å². The molecule has 2 rings (SSSR count). The molecule has 2 aromatic heterocycles. The first-order valence-corrected chi connectivity index (χ1v) is 4.02. The van der Waals surface area contributed by atoms with Gasteiger partial charge in [0.1, 0.15) is 6.54 Å². The molecular formula is C8H10N4O. The molecule has 0 spiro atoms. The van der Waals surface area contributed by atoms with E-state index in [1.807, 2.05) is 24.6 Å². The van der Waals surface area contributed by atoms with Crippen LogP contribution in [0.5, 0.6) is 0 Å². The molecule has 2 aromatic rings. The lowest BCUT2D eigenvalue weighted by Crippen LogP contribution is -2.05. The normalized spacial score (nSPS) is 10.6. The van der Waals surface area contributed by atoms with Crippen LogP contribution in [0.2, 0.25) is 0 Å². The van der Waals surface area contributed by atoms with Crippen molar-refractivity contribution >= 4 is 0 Å².